The minimum atomic E-state index is -3.91. The number of hydrogen-bond donors (Lipinski definition) is 3. The molecule has 4 aromatic rings. The monoisotopic (exact) mass is 565 g/mol. The fourth-order valence-corrected chi connectivity index (χ4v) is 6.58. The van der Waals surface area contributed by atoms with Crippen LogP contribution in [0, 0.1) is 0 Å². The fraction of sp³-hybridized carbons (Fsp3) is 0.214. The molecular weight excluding hydrogens is 538 g/mol. The van der Waals surface area contributed by atoms with Crippen LogP contribution in [0.1, 0.15) is 34.3 Å². The second-order valence-electron chi connectivity index (χ2n) is 9.53. The minimum absolute atomic E-state index is 0.0638. The van der Waals surface area contributed by atoms with Gasteiger partial charge in [0.25, 0.3) is 15.9 Å². The van der Waals surface area contributed by atoms with E-state index in [1.165, 1.54) is 18.2 Å². The van der Waals surface area contributed by atoms with Crippen LogP contribution in [0.5, 0.6) is 0 Å². The molecule has 3 aromatic carbocycles. The molecule has 2 heterocycles. The van der Waals surface area contributed by atoms with Gasteiger partial charge in [-0.1, -0.05) is 42.5 Å². The molecule has 202 valence electrons. The molecule has 1 aliphatic heterocycles. The van der Waals surface area contributed by atoms with E-state index in [1.54, 1.807) is 71.8 Å². The predicted octanol–water partition coefficient (Wildman–Crippen LogP) is 3.27. The van der Waals surface area contributed by atoms with Crippen LogP contribution in [0.15, 0.2) is 90.0 Å². The van der Waals surface area contributed by atoms with Gasteiger partial charge in [-0.25, -0.2) is 16.8 Å². The van der Waals surface area contributed by atoms with E-state index < -0.39 is 26.3 Å². The van der Waals surface area contributed by atoms with Crippen LogP contribution >= 0.6 is 0 Å². The lowest BCUT2D eigenvalue weighted by Gasteiger charge is -2.38. The molecule has 1 saturated heterocycles. The second-order valence-corrected chi connectivity index (χ2v) is 12.2. The van der Waals surface area contributed by atoms with Gasteiger partial charge in [-0.15, -0.1) is 0 Å². The molecule has 0 radical (unpaired) electrons. The van der Waals surface area contributed by atoms with Crippen LogP contribution in [0.25, 0.3) is 10.9 Å². The number of carbonyl (C=O) groups excluding carboxylic acids is 1. The zero-order valence-corrected chi connectivity index (χ0v) is 22.6. The molecule has 0 bridgehead atoms. The molecule has 0 unspecified atom stereocenters. The normalized spacial score (nSPS) is 15.4. The van der Waals surface area contributed by atoms with E-state index in [9.17, 15) is 26.7 Å². The van der Waals surface area contributed by atoms with E-state index >= 15 is 0 Å². The Labute approximate surface area is 228 Å². The predicted molar refractivity (Wildman–Crippen MR) is 148 cm³/mol. The van der Waals surface area contributed by atoms with Crippen molar-refractivity contribution in [2.24, 2.45) is 0 Å². The first-order chi connectivity index (χ1) is 18.6. The Morgan fingerprint density at radius 3 is 2.38 bits per heavy atom. The van der Waals surface area contributed by atoms with Crippen molar-refractivity contribution < 1.29 is 26.7 Å². The maximum absolute atomic E-state index is 13.1. The van der Waals surface area contributed by atoms with Gasteiger partial charge in [-0.2, -0.15) is 0 Å². The first kappa shape index (κ1) is 26.8. The number of para-hydroxylation sites is 1. The molecule has 0 spiro atoms. The fourth-order valence-electron chi connectivity index (χ4n) is 4.84. The van der Waals surface area contributed by atoms with Crippen LogP contribution in [0.3, 0.4) is 0 Å². The third kappa shape index (κ3) is 5.80. The molecule has 9 nitrogen and oxygen atoms in total. The van der Waals surface area contributed by atoms with Gasteiger partial charge in [-0.05, 0) is 60.4 Å². The Morgan fingerprint density at radius 1 is 0.974 bits per heavy atom. The quantitative estimate of drug-likeness (QED) is 0.293. The summed E-state index contributed by atoms with van der Waals surface area (Å²) >= 11 is 0. The van der Waals surface area contributed by atoms with Crippen LogP contribution in [-0.4, -0.2) is 50.8 Å². The SMILES string of the molecule is O=C(c1ccc(NS(=O)(=O)c2cccc3cccnc23)cc1)N1CCC(O)(c2cccc(C[SH](=O)=O)c2)CC1. The number of anilines is 1. The second kappa shape index (κ2) is 10.8. The first-order valence-corrected chi connectivity index (χ1v) is 15.2. The van der Waals surface area contributed by atoms with E-state index in [4.69, 9.17) is 0 Å². The van der Waals surface area contributed by atoms with Gasteiger partial charge in [0.15, 0.2) is 0 Å². The number of fused-ring (bicyclic) bond motifs is 1. The number of hydrogen-bond acceptors (Lipinski definition) is 7. The summed E-state index contributed by atoms with van der Waals surface area (Å²) < 4.78 is 50.8. The standard InChI is InChI=1S/C28H27N3O6S2/c32-27(31-16-13-28(33,14-17-31)23-7-1-4-20(18-23)19-38(34)35)22-9-11-24(12-10-22)30-39(36,37)25-8-2-5-21-6-3-15-29-26(21)25/h1-12,15,18,30,33,38H,13-14,16-17,19H2. The Balaban J connectivity index is 1.25. The highest BCUT2D eigenvalue weighted by Gasteiger charge is 2.35. The lowest BCUT2D eigenvalue weighted by atomic mass is 9.83. The van der Waals surface area contributed by atoms with Crippen molar-refractivity contribution in [3.8, 4) is 0 Å². The summed E-state index contributed by atoms with van der Waals surface area (Å²) in [7, 11) is -6.48. The van der Waals surface area contributed by atoms with Crippen molar-refractivity contribution >= 4 is 43.2 Å². The number of benzene rings is 3. The van der Waals surface area contributed by atoms with E-state index in [0.29, 0.717) is 59.2 Å². The van der Waals surface area contributed by atoms with Gasteiger partial charge in [0, 0.05) is 35.9 Å². The Hall–Kier alpha value is -3.80. The van der Waals surface area contributed by atoms with E-state index in [0.717, 1.165) is 0 Å². The molecule has 0 aliphatic carbocycles. The molecule has 11 heteroatoms. The van der Waals surface area contributed by atoms with Crippen molar-refractivity contribution in [1.82, 2.24) is 9.88 Å². The van der Waals surface area contributed by atoms with Crippen molar-refractivity contribution in [3.05, 3.63) is 102 Å². The average Bonchev–Trinajstić information content (AvgIpc) is 2.93. The number of amides is 1. The summed E-state index contributed by atoms with van der Waals surface area (Å²) in [5.74, 6) is -0.309. The summed E-state index contributed by atoms with van der Waals surface area (Å²) in [6.07, 6.45) is 2.16. The number of thiol groups is 1. The molecule has 1 fully saturated rings. The highest BCUT2D eigenvalue weighted by atomic mass is 32.2. The Kier molecular flexibility index (Phi) is 7.39. The van der Waals surface area contributed by atoms with E-state index in [2.05, 4.69) is 9.71 Å². The van der Waals surface area contributed by atoms with Gasteiger partial charge in [-0.3, -0.25) is 14.5 Å². The summed E-state index contributed by atoms with van der Waals surface area (Å²) in [6, 6.07) is 21.6. The molecule has 0 atom stereocenters. The molecule has 0 saturated carbocycles. The van der Waals surface area contributed by atoms with Gasteiger partial charge in [0.2, 0.25) is 0 Å². The van der Waals surface area contributed by atoms with Crippen LogP contribution in [-0.2, 0) is 32.1 Å². The third-order valence-corrected chi connectivity index (χ3v) is 8.96. The van der Waals surface area contributed by atoms with Gasteiger partial charge >= 0.3 is 0 Å². The number of nitrogens with zero attached hydrogens (tertiary/aromatic N) is 2. The number of carbonyl (C=O) groups is 1. The Morgan fingerprint density at radius 2 is 1.67 bits per heavy atom. The zero-order chi connectivity index (χ0) is 27.6. The van der Waals surface area contributed by atoms with Gasteiger partial charge < -0.3 is 10.0 Å². The van der Waals surface area contributed by atoms with Gasteiger partial charge in [0.1, 0.15) is 15.6 Å². The largest absolute Gasteiger partial charge is 0.385 e. The number of likely N-dealkylation sites (tertiary alicyclic amines) is 1. The molecule has 1 aromatic heterocycles. The highest BCUT2D eigenvalue weighted by Crippen LogP contribution is 2.34. The molecule has 39 heavy (non-hydrogen) atoms. The van der Waals surface area contributed by atoms with Crippen molar-refractivity contribution in [2.45, 2.75) is 29.1 Å². The minimum Gasteiger partial charge on any atom is -0.385 e. The smallest absolute Gasteiger partial charge is 0.264 e. The summed E-state index contributed by atoms with van der Waals surface area (Å²) in [5, 5.41) is 11.9. The topological polar surface area (TPSA) is 134 Å². The van der Waals surface area contributed by atoms with E-state index in [1.807, 2.05) is 0 Å². The lowest BCUT2D eigenvalue weighted by molar-refractivity contribution is -0.0211. The van der Waals surface area contributed by atoms with E-state index in [-0.39, 0.29) is 16.6 Å². The molecule has 2 N–H and O–H groups in total. The van der Waals surface area contributed by atoms with Crippen molar-refractivity contribution in [2.75, 3.05) is 17.8 Å². The maximum atomic E-state index is 13.1. The number of aliphatic hydroxyl groups is 1. The summed E-state index contributed by atoms with van der Waals surface area (Å²) in [5.41, 5.74) is 1.19. The average molecular weight is 566 g/mol. The molecular formula is C28H27N3O6S2. The molecule has 5 rings (SSSR count). The van der Waals surface area contributed by atoms with Crippen LogP contribution in [0.4, 0.5) is 5.69 Å². The zero-order valence-electron chi connectivity index (χ0n) is 20.9. The summed E-state index contributed by atoms with van der Waals surface area (Å²) in [4.78, 5) is 19.0. The highest BCUT2D eigenvalue weighted by molar-refractivity contribution is 7.93. The Bertz CT molecular complexity index is 1700. The van der Waals surface area contributed by atoms with Crippen LogP contribution in [0.2, 0.25) is 0 Å². The summed E-state index contributed by atoms with van der Waals surface area (Å²) in [6.45, 7) is 0.635. The number of piperidine rings is 1. The number of aromatic nitrogens is 1. The lowest BCUT2D eigenvalue weighted by Crippen LogP contribution is -2.45. The number of pyridine rings is 1. The molecule has 1 aliphatic rings. The number of nitrogens with one attached hydrogen (secondary N) is 1. The number of rotatable bonds is 7. The van der Waals surface area contributed by atoms with Gasteiger partial charge in [0.05, 0.1) is 16.9 Å². The first-order valence-electron chi connectivity index (χ1n) is 12.3. The number of sulfonamides is 1. The third-order valence-electron chi connectivity index (χ3n) is 6.92. The van der Waals surface area contributed by atoms with Crippen molar-refractivity contribution in [3.63, 3.8) is 0 Å². The molecule has 1 amide bonds. The van der Waals surface area contributed by atoms with Crippen LogP contribution < -0.4 is 4.72 Å². The maximum Gasteiger partial charge on any atom is 0.264 e. The van der Waals surface area contributed by atoms with Crippen molar-refractivity contribution in [1.29, 1.82) is 0 Å².